The minimum absolute atomic E-state index is 0.0368. The average Bonchev–Trinajstić information content (AvgIpc) is 2.66. The largest absolute Gasteiger partial charge is 0.490 e. The Kier molecular flexibility index (Phi) is 5.52. The molecule has 0 saturated heterocycles. The molecule has 0 radical (unpaired) electrons. The second kappa shape index (κ2) is 7.92. The average molecular weight is 421 g/mol. The van der Waals surface area contributed by atoms with Crippen molar-refractivity contribution in [1.29, 1.82) is 0 Å². The van der Waals surface area contributed by atoms with Gasteiger partial charge in [-0.3, -0.25) is 9.59 Å². The van der Waals surface area contributed by atoms with Crippen molar-refractivity contribution in [3.63, 3.8) is 0 Å². The Morgan fingerprint density at radius 2 is 1.50 bits per heavy atom. The Hall–Kier alpha value is -1.78. The highest BCUT2D eigenvalue weighted by atomic mass is 35.5. The number of benzene rings is 1. The highest BCUT2D eigenvalue weighted by molar-refractivity contribution is 6.37. The monoisotopic (exact) mass is 420 g/mol. The van der Waals surface area contributed by atoms with Crippen molar-refractivity contribution in [2.45, 2.75) is 57.8 Å². The molecule has 1 aromatic rings. The molecule has 3 aliphatic rings. The number of hydrogen-bond donors (Lipinski definition) is 0. The Morgan fingerprint density at radius 3 is 2.00 bits per heavy atom. The number of Topliss-reactive ketones (excluding diaryl/α,β-unsaturated/α-hetero) is 2. The van der Waals surface area contributed by atoms with Gasteiger partial charge in [0.25, 0.3) is 0 Å². The number of rotatable bonds is 4. The molecule has 4 rings (SSSR count). The van der Waals surface area contributed by atoms with E-state index in [1.165, 1.54) is 0 Å². The summed E-state index contributed by atoms with van der Waals surface area (Å²) in [5, 5.41) is 0.775. The van der Waals surface area contributed by atoms with Crippen LogP contribution in [0.1, 0.15) is 63.4 Å². The van der Waals surface area contributed by atoms with E-state index in [0.717, 1.165) is 24.8 Å². The molecule has 0 N–H and O–H groups in total. The van der Waals surface area contributed by atoms with Gasteiger partial charge in [-0.15, -0.1) is 0 Å². The standard InChI is InChI=1S/C22H22Cl2O4/c1-2-9-27-22-13(23)10-12(11-14(22)24)19-20-15(25)5-3-7-17(20)28-18-8-4-6-16(26)21(18)19/h10-11,19H,2-9H2,1H3. The van der Waals surface area contributed by atoms with Gasteiger partial charge in [0, 0.05) is 42.7 Å². The Labute approximate surface area is 174 Å². The third-order valence-electron chi connectivity index (χ3n) is 5.45. The van der Waals surface area contributed by atoms with Crippen molar-refractivity contribution in [3.8, 4) is 5.75 Å². The first-order chi connectivity index (χ1) is 13.5. The predicted molar refractivity (Wildman–Crippen MR) is 108 cm³/mol. The van der Waals surface area contributed by atoms with E-state index in [0.29, 0.717) is 70.7 Å². The lowest BCUT2D eigenvalue weighted by atomic mass is 9.73. The van der Waals surface area contributed by atoms with Crippen LogP contribution in [0.15, 0.2) is 34.8 Å². The number of carbonyl (C=O) groups is 2. The molecule has 148 valence electrons. The van der Waals surface area contributed by atoms with Crippen molar-refractivity contribution in [2.75, 3.05) is 6.61 Å². The Bertz CT molecular complexity index is 848. The van der Waals surface area contributed by atoms with E-state index in [9.17, 15) is 9.59 Å². The van der Waals surface area contributed by atoms with E-state index in [1.807, 2.05) is 6.92 Å². The molecule has 0 amide bonds. The molecular weight excluding hydrogens is 399 g/mol. The van der Waals surface area contributed by atoms with Crippen molar-refractivity contribution in [3.05, 3.63) is 50.4 Å². The third-order valence-corrected chi connectivity index (χ3v) is 6.01. The van der Waals surface area contributed by atoms with E-state index < -0.39 is 5.92 Å². The zero-order valence-corrected chi connectivity index (χ0v) is 17.3. The summed E-state index contributed by atoms with van der Waals surface area (Å²) in [5.41, 5.74) is 1.93. The van der Waals surface area contributed by atoms with Crippen molar-refractivity contribution >= 4 is 34.8 Å². The second-order valence-corrected chi connectivity index (χ2v) is 8.24. The zero-order valence-electron chi connectivity index (χ0n) is 15.8. The molecular formula is C22H22Cl2O4. The quantitative estimate of drug-likeness (QED) is 0.607. The fourth-order valence-electron chi connectivity index (χ4n) is 4.24. The van der Waals surface area contributed by atoms with Gasteiger partial charge in [-0.05, 0) is 37.0 Å². The predicted octanol–water partition coefficient (Wildman–Crippen LogP) is 5.91. The molecule has 4 nitrogen and oxygen atoms in total. The van der Waals surface area contributed by atoms with E-state index in [1.54, 1.807) is 12.1 Å². The molecule has 0 bridgehead atoms. The molecule has 1 heterocycles. The first-order valence-corrected chi connectivity index (χ1v) is 10.6. The lowest BCUT2D eigenvalue weighted by molar-refractivity contribution is -0.117. The first-order valence-electron chi connectivity index (χ1n) is 9.83. The van der Waals surface area contributed by atoms with E-state index >= 15 is 0 Å². The minimum atomic E-state index is -0.463. The van der Waals surface area contributed by atoms with Gasteiger partial charge in [-0.25, -0.2) is 0 Å². The molecule has 0 aromatic heterocycles. The highest BCUT2D eigenvalue weighted by Gasteiger charge is 2.42. The van der Waals surface area contributed by atoms with E-state index in [-0.39, 0.29) is 11.6 Å². The fraction of sp³-hybridized carbons (Fsp3) is 0.455. The summed E-state index contributed by atoms with van der Waals surface area (Å²) >= 11 is 12.9. The Morgan fingerprint density at radius 1 is 0.964 bits per heavy atom. The number of ketones is 2. The molecule has 1 aliphatic heterocycles. The van der Waals surface area contributed by atoms with Gasteiger partial charge in [0.1, 0.15) is 11.5 Å². The summed E-state index contributed by atoms with van der Waals surface area (Å²) in [6.45, 7) is 2.52. The van der Waals surface area contributed by atoms with Crippen LogP contribution in [0.5, 0.6) is 5.75 Å². The van der Waals surface area contributed by atoms with E-state index in [4.69, 9.17) is 32.7 Å². The number of hydrogen-bond acceptors (Lipinski definition) is 4. The summed E-state index contributed by atoms with van der Waals surface area (Å²) in [7, 11) is 0. The maximum atomic E-state index is 12.8. The maximum Gasteiger partial charge on any atom is 0.163 e. The molecule has 0 saturated carbocycles. The topological polar surface area (TPSA) is 52.6 Å². The normalized spacial score (nSPS) is 20.1. The molecule has 0 atom stereocenters. The van der Waals surface area contributed by atoms with Gasteiger partial charge in [-0.2, -0.15) is 0 Å². The lowest BCUT2D eigenvalue weighted by Gasteiger charge is -2.36. The second-order valence-electron chi connectivity index (χ2n) is 7.42. The molecule has 6 heteroatoms. The van der Waals surface area contributed by atoms with E-state index in [2.05, 4.69) is 0 Å². The molecule has 0 spiro atoms. The van der Waals surface area contributed by atoms with Crippen LogP contribution in [-0.2, 0) is 14.3 Å². The maximum absolute atomic E-state index is 12.8. The lowest BCUT2D eigenvalue weighted by Crippen LogP contribution is -2.30. The highest BCUT2D eigenvalue weighted by Crippen LogP contribution is 2.49. The van der Waals surface area contributed by atoms with Crippen LogP contribution in [0, 0.1) is 0 Å². The summed E-state index contributed by atoms with van der Waals surface area (Å²) in [4.78, 5) is 25.6. The van der Waals surface area contributed by atoms with Crippen LogP contribution in [-0.4, -0.2) is 18.2 Å². The van der Waals surface area contributed by atoms with Gasteiger partial charge in [0.05, 0.1) is 16.7 Å². The fourth-order valence-corrected chi connectivity index (χ4v) is 4.85. The van der Waals surface area contributed by atoms with Crippen LogP contribution in [0.4, 0.5) is 0 Å². The smallest absolute Gasteiger partial charge is 0.163 e. The summed E-state index contributed by atoms with van der Waals surface area (Å²) in [6.07, 6.45) is 4.73. The Balaban J connectivity index is 1.85. The summed E-state index contributed by atoms with van der Waals surface area (Å²) in [6, 6.07) is 3.54. The molecule has 1 aromatic carbocycles. The van der Waals surface area contributed by atoms with Gasteiger partial charge < -0.3 is 9.47 Å². The van der Waals surface area contributed by atoms with Gasteiger partial charge in [-0.1, -0.05) is 30.1 Å². The van der Waals surface area contributed by atoms with Crippen LogP contribution < -0.4 is 4.74 Å². The third kappa shape index (κ3) is 3.37. The molecule has 28 heavy (non-hydrogen) atoms. The SMILES string of the molecule is CCCOc1c(Cl)cc(C2C3=C(CCCC3=O)OC3=C2C(=O)CCC3)cc1Cl. The number of ether oxygens (including phenoxy) is 2. The van der Waals surface area contributed by atoms with Gasteiger partial charge in [0.15, 0.2) is 17.3 Å². The van der Waals surface area contributed by atoms with Crippen LogP contribution in [0.25, 0.3) is 0 Å². The van der Waals surface area contributed by atoms with Crippen molar-refractivity contribution < 1.29 is 19.1 Å². The first kappa shape index (κ1) is 19.5. The zero-order chi connectivity index (χ0) is 19.8. The number of allylic oxidation sites excluding steroid dienone is 4. The van der Waals surface area contributed by atoms with Crippen LogP contribution in [0.3, 0.4) is 0 Å². The molecule has 0 unspecified atom stereocenters. The van der Waals surface area contributed by atoms with Gasteiger partial charge >= 0.3 is 0 Å². The molecule has 0 fully saturated rings. The van der Waals surface area contributed by atoms with Crippen molar-refractivity contribution in [2.24, 2.45) is 0 Å². The van der Waals surface area contributed by atoms with Crippen LogP contribution in [0.2, 0.25) is 10.0 Å². The summed E-state index contributed by atoms with van der Waals surface area (Å²) < 4.78 is 11.7. The summed E-state index contributed by atoms with van der Waals surface area (Å²) in [5.74, 6) is 1.45. The minimum Gasteiger partial charge on any atom is -0.490 e. The number of halogens is 2. The number of carbonyl (C=O) groups excluding carboxylic acids is 2. The van der Waals surface area contributed by atoms with Crippen molar-refractivity contribution in [1.82, 2.24) is 0 Å². The van der Waals surface area contributed by atoms with Gasteiger partial charge in [0.2, 0.25) is 0 Å². The molecule has 2 aliphatic carbocycles. The van der Waals surface area contributed by atoms with Crippen LogP contribution >= 0.6 is 23.2 Å².